The lowest BCUT2D eigenvalue weighted by Gasteiger charge is -2.14. The molecule has 88 valence electrons. The number of halogens is 1. The van der Waals surface area contributed by atoms with Crippen molar-refractivity contribution in [3.63, 3.8) is 0 Å². The molecule has 0 bridgehead atoms. The van der Waals surface area contributed by atoms with Crippen molar-refractivity contribution in [1.29, 1.82) is 0 Å². The van der Waals surface area contributed by atoms with E-state index in [9.17, 15) is 9.90 Å². The molecular formula is C11H13ClO4. The summed E-state index contributed by atoms with van der Waals surface area (Å²) in [5.41, 5.74) is 0.473. The lowest BCUT2D eigenvalue weighted by Crippen LogP contribution is -2.09. The Balaban J connectivity index is 2.94. The van der Waals surface area contributed by atoms with Gasteiger partial charge in [-0.1, -0.05) is 23.7 Å². The van der Waals surface area contributed by atoms with Gasteiger partial charge >= 0.3 is 5.97 Å². The zero-order valence-corrected chi connectivity index (χ0v) is 9.82. The van der Waals surface area contributed by atoms with Crippen molar-refractivity contribution in [2.75, 3.05) is 14.2 Å². The van der Waals surface area contributed by atoms with Crippen molar-refractivity contribution in [3.05, 3.63) is 28.8 Å². The van der Waals surface area contributed by atoms with Crippen LogP contribution in [0.3, 0.4) is 0 Å². The first-order valence-electron chi connectivity index (χ1n) is 4.67. The van der Waals surface area contributed by atoms with Crippen LogP contribution in [0.1, 0.15) is 18.1 Å². The minimum atomic E-state index is -0.985. The number of aliphatic hydroxyl groups excluding tert-OH is 1. The molecule has 1 rings (SSSR count). The van der Waals surface area contributed by atoms with Crippen molar-refractivity contribution < 1.29 is 19.4 Å². The maximum atomic E-state index is 11.0. The Hall–Kier alpha value is -1.26. The minimum Gasteiger partial charge on any atom is -0.495 e. The molecule has 0 saturated heterocycles. The van der Waals surface area contributed by atoms with Crippen LogP contribution in [0.4, 0.5) is 0 Å². The Kier molecular flexibility index (Phi) is 4.58. The maximum absolute atomic E-state index is 11.0. The number of para-hydroxylation sites is 1. The monoisotopic (exact) mass is 244 g/mol. The van der Waals surface area contributed by atoms with Crippen molar-refractivity contribution in [1.82, 2.24) is 0 Å². The van der Waals surface area contributed by atoms with Crippen molar-refractivity contribution in [2.24, 2.45) is 0 Å². The van der Waals surface area contributed by atoms with Gasteiger partial charge < -0.3 is 14.6 Å². The van der Waals surface area contributed by atoms with E-state index in [0.717, 1.165) is 0 Å². The van der Waals surface area contributed by atoms with E-state index < -0.39 is 12.1 Å². The van der Waals surface area contributed by atoms with Gasteiger partial charge in [0.15, 0.2) is 0 Å². The Morgan fingerprint density at radius 3 is 2.75 bits per heavy atom. The molecule has 5 heteroatoms. The lowest BCUT2D eigenvalue weighted by atomic mass is 10.1. The highest BCUT2D eigenvalue weighted by Gasteiger charge is 2.18. The summed E-state index contributed by atoms with van der Waals surface area (Å²) in [5.74, 6) is -0.116. The van der Waals surface area contributed by atoms with E-state index in [2.05, 4.69) is 4.74 Å². The molecule has 0 radical (unpaired) electrons. The third kappa shape index (κ3) is 2.87. The first-order valence-corrected chi connectivity index (χ1v) is 5.05. The number of methoxy groups -OCH3 is 2. The first kappa shape index (κ1) is 12.8. The van der Waals surface area contributed by atoms with Crippen LogP contribution < -0.4 is 4.74 Å². The number of rotatable bonds is 4. The zero-order chi connectivity index (χ0) is 12.1. The van der Waals surface area contributed by atoms with Crippen LogP contribution in [-0.4, -0.2) is 25.3 Å². The summed E-state index contributed by atoms with van der Waals surface area (Å²) < 4.78 is 9.54. The predicted molar refractivity (Wildman–Crippen MR) is 59.6 cm³/mol. The molecular weight excluding hydrogens is 232 g/mol. The molecule has 1 aromatic rings. The fourth-order valence-electron chi connectivity index (χ4n) is 1.35. The number of carbonyl (C=O) groups is 1. The molecule has 0 aromatic heterocycles. The van der Waals surface area contributed by atoms with Gasteiger partial charge in [0.1, 0.15) is 5.75 Å². The second-order valence-electron chi connectivity index (χ2n) is 3.16. The minimum absolute atomic E-state index is 0.132. The van der Waals surface area contributed by atoms with Crippen LogP contribution in [0.5, 0.6) is 5.75 Å². The highest BCUT2D eigenvalue weighted by atomic mass is 35.5. The molecule has 1 unspecified atom stereocenters. The highest BCUT2D eigenvalue weighted by Crippen LogP contribution is 2.33. The van der Waals surface area contributed by atoms with Crippen LogP contribution in [0.15, 0.2) is 18.2 Å². The molecule has 16 heavy (non-hydrogen) atoms. The van der Waals surface area contributed by atoms with Crippen molar-refractivity contribution in [2.45, 2.75) is 12.5 Å². The van der Waals surface area contributed by atoms with E-state index in [-0.39, 0.29) is 6.42 Å². The topological polar surface area (TPSA) is 55.8 Å². The third-order valence-electron chi connectivity index (χ3n) is 2.15. The molecule has 0 fully saturated rings. The molecule has 1 atom stereocenters. The maximum Gasteiger partial charge on any atom is 0.308 e. The van der Waals surface area contributed by atoms with E-state index in [1.54, 1.807) is 18.2 Å². The molecule has 0 aliphatic carbocycles. The number of esters is 1. The summed E-state index contributed by atoms with van der Waals surface area (Å²) in [4.78, 5) is 11.0. The van der Waals surface area contributed by atoms with Gasteiger partial charge in [0.2, 0.25) is 0 Å². The lowest BCUT2D eigenvalue weighted by molar-refractivity contribution is -0.142. The van der Waals surface area contributed by atoms with E-state index >= 15 is 0 Å². The predicted octanol–water partition coefficient (Wildman–Crippen LogP) is 1.95. The summed E-state index contributed by atoms with van der Waals surface area (Å²) >= 11 is 5.89. The van der Waals surface area contributed by atoms with E-state index in [1.165, 1.54) is 14.2 Å². The molecule has 0 spiro atoms. The zero-order valence-electron chi connectivity index (χ0n) is 9.07. The van der Waals surface area contributed by atoms with Crippen LogP contribution in [0.25, 0.3) is 0 Å². The number of carbonyl (C=O) groups excluding carboxylic acids is 1. The molecule has 0 saturated carbocycles. The fraction of sp³-hybridized carbons (Fsp3) is 0.364. The first-order chi connectivity index (χ1) is 7.60. The molecule has 1 aromatic carbocycles. The largest absolute Gasteiger partial charge is 0.495 e. The quantitative estimate of drug-likeness (QED) is 0.823. The smallest absolute Gasteiger partial charge is 0.308 e. The van der Waals surface area contributed by atoms with Crippen molar-refractivity contribution >= 4 is 17.6 Å². The van der Waals surface area contributed by atoms with Crippen LogP contribution >= 0.6 is 11.6 Å². The summed E-state index contributed by atoms with van der Waals surface area (Å²) in [6.07, 6.45) is -1.12. The average Bonchev–Trinajstić information content (AvgIpc) is 2.28. The van der Waals surface area contributed by atoms with Crippen molar-refractivity contribution in [3.8, 4) is 5.75 Å². The van der Waals surface area contributed by atoms with E-state index in [0.29, 0.717) is 16.3 Å². The van der Waals surface area contributed by atoms with Gasteiger partial charge in [-0.15, -0.1) is 0 Å². The van der Waals surface area contributed by atoms with Gasteiger partial charge in [-0.2, -0.15) is 0 Å². The summed E-state index contributed by atoms with van der Waals surface area (Å²) in [5, 5.41) is 10.2. The number of aliphatic hydroxyl groups is 1. The van der Waals surface area contributed by atoms with Gasteiger partial charge in [-0.05, 0) is 6.07 Å². The fourth-order valence-corrected chi connectivity index (χ4v) is 1.61. The van der Waals surface area contributed by atoms with Gasteiger partial charge in [-0.3, -0.25) is 4.79 Å². The number of hydrogen-bond donors (Lipinski definition) is 1. The van der Waals surface area contributed by atoms with Crippen LogP contribution in [0.2, 0.25) is 5.02 Å². The number of benzene rings is 1. The SMILES string of the molecule is COC(=O)CC(O)c1cccc(Cl)c1OC. The van der Waals surface area contributed by atoms with E-state index in [1.807, 2.05) is 0 Å². The van der Waals surface area contributed by atoms with Gasteiger partial charge in [0, 0.05) is 5.56 Å². The van der Waals surface area contributed by atoms with Gasteiger partial charge in [-0.25, -0.2) is 0 Å². The van der Waals surface area contributed by atoms with Gasteiger partial charge in [0.05, 0.1) is 31.8 Å². The molecule has 0 amide bonds. The number of hydrogen-bond acceptors (Lipinski definition) is 4. The average molecular weight is 245 g/mol. The summed E-state index contributed by atoms with van der Waals surface area (Å²) in [6, 6.07) is 4.98. The van der Waals surface area contributed by atoms with Crippen LogP contribution in [0, 0.1) is 0 Å². The van der Waals surface area contributed by atoms with Crippen LogP contribution in [-0.2, 0) is 9.53 Å². The van der Waals surface area contributed by atoms with Gasteiger partial charge in [0.25, 0.3) is 0 Å². The standard InChI is InChI=1S/C11H13ClO4/c1-15-10(14)6-9(13)7-4-3-5-8(12)11(7)16-2/h3-5,9,13H,6H2,1-2H3. The Morgan fingerprint density at radius 2 is 2.19 bits per heavy atom. The second-order valence-corrected chi connectivity index (χ2v) is 3.57. The van der Waals surface area contributed by atoms with E-state index in [4.69, 9.17) is 16.3 Å². The molecule has 0 aliphatic heterocycles. The number of ether oxygens (including phenoxy) is 2. The second kappa shape index (κ2) is 5.72. The summed E-state index contributed by atoms with van der Waals surface area (Å²) in [6.45, 7) is 0. The molecule has 1 N–H and O–H groups in total. The third-order valence-corrected chi connectivity index (χ3v) is 2.45. The Morgan fingerprint density at radius 1 is 1.50 bits per heavy atom. The highest BCUT2D eigenvalue weighted by molar-refractivity contribution is 6.32. The molecule has 0 aliphatic rings. The Labute approximate surface area is 98.7 Å². The molecule has 0 heterocycles. The summed E-state index contributed by atoms with van der Waals surface area (Å²) in [7, 11) is 2.72. The normalized spacial score (nSPS) is 12.0. The molecule has 4 nitrogen and oxygen atoms in total. The Bertz CT molecular complexity index is 378.